The van der Waals surface area contributed by atoms with Crippen molar-refractivity contribution in [2.24, 2.45) is 5.92 Å². The number of piperidine rings is 1. The van der Waals surface area contributed by atoms with Crippen LogP contribution in [0.5, 0.6) is 0 Å². The summed E-state index contributed by atoms with van der Waals surface area (Å²) < 4.78 is 20.6. The molecule has 1 aliphatic rings. The summed E-state index contributed by atoms with van der Waals surface area (Å²) in [6.07, 6.45) is 1.97. The Morgan fingerprint density at radius 3 is 2.58 bits per heavy atom. The first-order valence-corrected chi connectivity index (χ1v) is 11.5. The predicted molar refractivity (Wildman–Crippen MR) is 125 cm³/mol. The van der Waals surface area contributed by atoms with Crippen LogP contribution in [-0.2, 0) is 16.1 Å². The average molecular weight is 453 g/mol. The SMILES string of the molecule is CCOCCCn1c(NC(=O)C2CCN(C(=O)c3ccc(F)cc3)CC2)nc2ccccc21. The normalized spacial score (nSPS) is 14.5. The number of anilines is 1. The van der Waals surface area contributed by atoms with Crippen LogP contribution in [0.4, 0.5) is 10.3 Å². The van der Waals surface area contributed by atoms with Crippen LogP contribution in [-0.4, -0.2) is 52.6 Å². The maximum atomic E-state index is 13.1. The molecule has 2 aromatic carbocycles. The third-order valence-electron chi connectivity index (χ3n) is 6.01. The number of likely N-dealkylation sites (tertiary alicyclic amines) is 1. The molecule has 33 heavy (non-hydrogen) atoms. The van der Waals surface area contributed by atoms with Crippen molar-refractivity contribution in [1.29, 1.82) is 0 Å². The van der Waals surface area contributed by atoms with Gasteiger partial charge >= 0.3 is 0 Å². The number of halogens is 1. The number of aromatic nitrogens is 2. The Labute approximate surface area is 192 Å². The maximum absolute atomic E-state index is 13.1. The summed E-state index contributed by atoms with van der Waals surface area (Å²) in [6.45, 7) is 4.96. The summed E-state index contributed by atoms with van der Waals surface area (Å²) in [7, 11) is 0. The van der Waals surface area contributed by atoms with E-state index in [4.69, 9.17) is 4.74 Å². The minimum atomic E-state index is -0.370. The number of ether oxygens (including phenoxy) is 1. The van der Waals surface area contributed by atoms with Gasteiger partial charge in [0.2, 0.25) is 11.9 Å². The molecule has 0 radical (unpaired) electrons. The molecule has 0 spiro atoms. The number of nitrogens with zero attached hydrogens (tertiary/aromatic N) is 3. The van der Waals surface area contributed by atoms with Crippen molar-refractivity contribution < 1.29 is 18.7 Å². The highest BCUT2D eigenvalue weighted by Crippen LogP contribution is 2.24. The van der Waals surface area contributed by atoms with Crippen LogP contribution in [0.1, 0.15) is 36.5 Å². The quantitative estimate of drug-likeness (QED) is 0.522. The van der Waals surface area contributed by atoms with Crippen molar-refractivity contribution in [3.05, 3.63) is 59.9 Å². The summed E-state index contributed by atoms with van der Waals surface area (Å²) in [5.41, 5.74) is 2.27. The van der Waals surface area contributed by atoms with E-state index in [-0.39, 0.29) is 23.5 Å². The van der Waals surface area contributed by atoms with E-state index >= 15 is 0 Å². The zero-order chi connectivity index (χ0) is 23.2. The molecule has 0 saturated carbocycles. The lowest BCUT2D eigenvalue weighted by Crippen LogP contribution is -2.41. The molecule has 0 aliphatic carbocycles. The zero-order valence-corrected chi connectivity index (χ0v) is 18.8. The number of imidazole rings is 1. The highest BCUT2D eigenvalue weighted by molar-refractivity contribution is 5.95. The smallest absolute Gasteiger partial charge is 0.253 e. The third kappa shape index (κ3) is 5.39. The van der Waals surface area contributed by atoms with Crippen LogP contribution in [0.3, 0.4) is 0 Å². The standard InChI is InChI=1S/C25H29FN4O3/c1-2-33-17-5-14-30-22-7-4-3-6-21(22)27-25(30)28-23(31)18-12-15-29(16-13-18)24(32)19-8-10-20(26)11-9-19/h3-4,6-11,18H,2,5,12-17H2,1H3,(H,27,28,31). The Hall–Kier alpha value is -3.26. The average Bonchev–Trinajstić information content (AvgIpc) is 3.19. The molecule has 3 aromatic rings. The van der Waals surface area contributed by atoms with Gasteiger partial charge in [0.15, 0.2) is 0 Å². The third-order valence-corrected chi connectivity index (χ3v) is 6.01. The number of fused-ring (bicyclic) bond motifs is 1. The van der Waals surface area contributed by atoms with Crippen LogP contribution in [0, 0.1) is 11.7 Å². The topological polar surface area (TPSA) is 76.5 Å². The number of hydrogen-bond donors (Lipinski definition) is 1. The van der Waals surface area contributed by atoms with Gasteiger partial charge in [-0.1, -0.05) is 12.1 Å². The fourth-order valence-corrected chi connectivity index (χ4v) is 4.20. The van der Waals surface area contributed by atoms with Crippen LogP contribution in [0.2, 0.25) is 0 Å². The van der Waals surface area contributed by atoms with Gasteiger partial charge < -0.3 is 14.2 Å². The van der Waals surface area contributed by atoms with Gasteiger partial charge in [-0.2, -0.15) is 0 Å². The van der Waals surface area contributed by atoms with Crippen LogP contribution in [0.15, 0.2) is 48.5 Å². The molecule has 0 unspecified atom stereocenters. The summed E-state index contributed by atoms with van der Waals surface area (Å²) in [6, 6.07) is 13.4. The fourth-order valence-electron chi connectivity index (χ4n) is 4.20. The molecule has 4 rings (SSSR count). The molecule has 7 nitrogen and oxygen atoms in total. The largest absolute Gasteiger partial charge is 0.382 e. The molecule has 1 fully saturated rings. The molecule has 1 aliphatic heterocycles. The Morgan fingerprint density at radius 1 is 1.12 bits per heavy atom. The van der Waals surface area contributed by atoms with E-state index in [2.05, 4.69) is 10.3 Å². The lowest BCUT2D eigenvalue weighted by Gasteiger charge is -2.31. The Bertz CT molecular complexity index is 1100. The number of para-hydroxylation sites is 2. The zero-order valence-electron chi connectivity index (χ0n) is 18.8. The number of carbonyl (C=O) groups is 2. The molecule has 1 saturated heterocycles. The van der Waals surface area contributed by atoms with Gasteiger partial charge in [-0.05, 0) is 62.6 Å². The van der Waals surface area contributed by atoms with Gasteiger partial charge in [-0.25, -0.2) is 9.37 Å². The number of carbonyl (C=O) groups excluding carboxylic acids is 2. The monoisotopic (exact) mass is 452 g/mol. The van der Waals surface area contributed by atoms with Crippen LogP contribution >= 0.6 is 0 Å². The number of aryl methyl sites for hydroxylation is 1. The van der Waals surface area contributed by atoms with Crippen molar-refractivity contribution in [1.82, 2.24) is 14.5 Å². The molecule has 0 bridgehead atoms. The Kier molecular flexibility index (Phi) is 7.34. The fraction of sp³-hybridized carbons (Fsp3) is 0.400. The van der Waals surface area contributed by atoms with E-state index in [0.29, 0.717) is 57.2 Å². The van der Waals surface area contributed by atoms with E-state index < -0.39 is 0 Å². The predicted octanol–water partition coefficient (Wildman–Crippen LogP) is 4.09. The van der Waals surface area contributed by atoms with E-state index in [9.17, 15) is 14.0 Å². The Balaban J connectivity index is 1.38. The first kappa shape index (κ1) is 22.9. The second-order valence-electron chi connectivity index (χ2n) is 8.19. The highest BCUT2D eigenvalue weighted by atomic mass is 19.1. The number of amides is 2. The van der Waals surface area contributed by atoms with Crippen LogP contribution in [0.25, 0.3) is 11.0 Å². The number of rotatable bonds is 8. The number of nitrogens with one attached hydrogen (secondary N) is 1. The maximum Gasteiger partial charge on any atom is 0.253 e. The summed E-state index contributed by atoms with van der Waals surface area (Å²) in [4.78, 5) is 32.0. The Morgan fingerprint density at radius 2 is 1.85 bits per heavy atom. The lowest BCUT2D eigenvalue weighted by molar-refractivity contribution is -0.121. The van der Waals surface area contributed by atoms with E-state index in [1.165, 1.54) is 24.3 Å². The van der Waals surface area contributed by atoms with Gasteiger partial charge in [0, 0.05) is 44.3 Å². The second kappa shape index (κ2) is 10.6. The molecular weight excluding hydrogens is 423 g/mol. The first-order valence-electron chi connectivity index (χ1n) is 11.5. The molecule has 0 atom stereocenters. The van der Waals surface area contributed by atoms with Crippen molar-refractivity contribution in [3.63, 3.8) is 0 Å². The van der Waals surface area contributed by atoms with E-state index in [1.54, 1.807) is 4.90 Å². The molecule has 1 aromatic heterocycles. The van der Waals surface area contributed by atoms with Crippen molar-refractivity contribution in [2.75, 3.05) is 31.6 Å². The van der Waals surface area contributed by atoms with Crippen molar-refractivity contribution in [3.8, 4) is 0 Å². The molecule has 2 amide bonds. The second-order valence-corrected chi connectivity index (χ2v) is 8.19. The molecule has 1 N–H and O–H groups in total. The highest BCUT2D eigenvalue weighted by Gasteiger charge is 2.28. The number of hydrogen-bond acceptors (Lipinski definition) is 4. The van der Waals surface area contributed by atoms with Gasteiger partial charge in [-0.15, -0.1) is 0 Å². The van der Waals surface area contributed by atoms with E-state index in [0.717, 1.165) is 17.5 Å². The van der Waals surface area contributed by atoms with Gasteiger partial charge in [0.1, 0.15) is 5.82 Å². The van der Waals surface area contributed by atoms with E-state index in [1.807, 2.05) is 35.8 Å². The van der Waals surface area contributed by atoms with Crippen molar-refractivity contribution >= 4 is 28.8 Å². The van der Waals surface area contributed by atoms with Gasteiger partial charge in [0.05, 0.1) is 11.0 Å². The minimum Gasteiger partial charge on any atom is -0.382 e. The summed E-state index contributed by atoms with van der Waals surface area (Å²) in [5, 5.41) is 3.02. The van der Waals surface area contributed by atoms with Crippen molar-refractivity contribution in [2.45, 2.75) is 32.7 Å². The van der Waals surface area contributed by atoms with Gasteiger partial charge in [0.25, 0.3) is 5.91 Å². The van der Waals surface area contributed by atoms with Crippen LogP contribution < -0.4 is 5.32 Å². The lowest BCUT2D eigenvalue weighted by atomic mass is 9.95. The molecule has 8 heteroatoms. The molecular formula is C25H29FN4O3. The number of benzene rings is 2. The van der Waals surface area contributed by atoms with Gasteiger partial charge in [-0.3, -0.25) is 14.9 Å². The first-order chi connectivity index (χ1) is 16.1. The minimum absolute atomic E-state index is 0.0785. The molecule has 2 heterocycles. The summed E-state index contributed by atoms with van der Waals surface area (Å²) >= 11 is 0. The molecule has 174 valence electrons. The summed E-state index contributed by atoms with van der Waals surface area (Å²) in [5.74, 6) is -0.234.